The summed E-state index contributed by atoms with van der Waals surface area (Å²) in [7, 11) is 0. The highest BCUT2D eigenvalue weighted by atomic mass is 35.5. The van der Waals surface area contributed by atoms with Gasteiger partial charge in [-0.15, -0.1) is 0 Å². The van der Waals surface area contributed by atoms with Crippen LogP contribution in [0.2, 0.25) is 15.1 Å². The van der Waals surface area contributed by atoms with Crippen LogP contribution in [0, 0.1) is 6.92 Å². The van der Waals surface area contributed by atoms with Gasteiger partial charge in [0.05, 0.1) is 16.6 Å². The highest BCUT2D eigenvalue weighted by molar-refractivity contribution is 6.34. The molecule has 2 N–H and O–H groups in total. The van der Waals surface area contributed by atoms with Crippen molar-refractivity contribution in [2.75, 3.05) is 0 Å². The van der Waals surface area contributed by atoms with E-state index >= 15 is 0 Å². The van der Waals surface area contributed by atoms with Gasteiger partial charge in [0, 0.05) is 27.2 Å². The van der Waals surface area contributed by atoms with Crippen LogP contribution in [0.4, 0.5) is 0 Å². The molecule has 3 aromatic carbocycles. The molecule has 156 valence electrons. The number of phenols is 1. The normalized spacial score (nSPS) is 12.0. The second kappa shape index (κ2) is 8.75. The Morgan fingerprint density at radius 2 is 1.77 bits per heavy atom. The minimum absolute atomic E-state index is 0.0314. The Balaban J connectivity index is 1.92. The topological polar surface area (TPSA) is 62.2 Å². The maximum atomic E-state index is 13.1. The van der Waals surface area contributed by atoms with Crippen LogP contribution in [0.25, 0.3) is 10.9 Å². The SMILES string of the molecule is Cc1cc2cccnc2c(O)c1C(NC(=O)c1ccccc1Cl)c1cc(Cl)ccc1Cl. The Bertz CT molecular complexity index is 1310. The number of aromatic hydroxyl groups is 1. The van der Waals surface area contributed by atoms with Crippen molar-refractivity contribution < 1.29 is 9.90 Å². The summed E-state index contributed by atoms with van der Waals surface area (Å²) < 4.78 is 0. The van der Waals surface area contributed by atoms with Gasteiger partial charge in [-0.3, -0.25) is 9.78 Å². The smallest absolute Gasteiger partial charge is 0.253 e. The lowest BCUT2D eigenvalue weighted by atomic mass is 9.92. The van der Waals surface area contributed by atoms with E-state index in [0.717, 1.165) is 10.9 Å². The van der Waals surface area contributed by atoms with E-state index in [1.54, 1.807) is 54.7 Å². The van der Waals surface area contributed by atoms with E-state index in [1.165, 1.54) is 0 Å². The van der Waals surface area contributed by atoms with Gasteiger partial charge in [0.1, 0.15) is 11.3 Å². The van der Waals surface area contributed by atoms with Gasteiger partial charge < -0.3 is 10.4 Å². The molecule has 0 aliphatic carbocycles. The number of carbonyl (C=O) groups excluding carboxylic acids is 1. The van der Waals surface area contributed by atoms with Crippen molar-refractivity contribution >= 4 is 51.6 Å². The maximum absolute atomic E-state index is 13.1. The highest BCUT2D eigenvalue weighted by Gasteiger charge is 2.27. The average molecular weight is 472 g/mol. The number of rotatable bonds is 4. The number of amides is 1. The molecule has 0 saturated carbocycles. The summed E-state index contributed by atoms with van der Waals surface area (Å²) in [5.41, 5.74) is 2.53. The molecule has 1 aromatic heterocycles. The van der Waals surface area contributed by atoms with Crippen LogP contribution in [-0.4, -0.2) is 16.0 Å². The van der Waals surface area contributed by atoms with E-state index in [1.807, 2.05) is 19.1 Å². The number of carbonyl (C=O) groups is 1. The van der Waals surface area contributed by atoms with Crippen LogP contribution >= 0.6 is 34.8 Å². The lowest BCUT2D eigenvalue weighted by molar-refractivity contribution is 0.0943. The molecule has 0 fully saturated rings. The standard InChI is InChI=1S/C24H17Cl3N2O2/c1-13-11-14-5-4-10-28-21(14)23(30)20(13)22(17-12-15(25)8-9-19(17)27)29-24(31)16-6-2-3-7-18(16)26/h2-12,22,30H,1H3,(H,29,31). The van der Waals surface area contributed by atoms with E-state index < -0.39 is 11.9 Å². The van der Waals surface area contributed by atoms with Gasteiger partial charge in [-0.25, -0.2) is 0 Å². The minimum atomic E-state index is -0.790. The lowest BCUT2D eigenvalue weighted by Gasteiger charge is -2.24. The third-order valence-corrected chi connectivity index (χ3v) is 5.98. The molecule has 0 bridgehead atoms. The minimum Gasteiger partial charge on any atom is -0.505 e. The first-order valence-corrected chi connectivity index (χ1v) is 10.6. The van der Waals surface area contributed by atoms with Crippen molar-refractivity contribution in [3.8, 4) is 5.75 Å². The molecule has 0 aliphatic rings. The summed E-state index contributed by atoms with van der Waals surface area (Å²) in [6.45, 7) is 1.86. The first kappa shape index (κ1) is 21.4. The Morgan fingerprint density at radius 3 is 2.55 bits per heavy atom. The number of phenolic OH excluding ortho intramolecular Hbond substituents is 1. The molecule has 0 saturated heterocycles. The second-order valence-electron chi connectivity index (χ2n) is 7.08. The molecule has 1 atom stereocenters. The Labute approximate surface area is 194 Å². The lowest BCUT2D eigenvalue weighted by Crippen LogP contribution is -2.30. The summed E-state index contributed by atoms with van der Waals surface area (Å²) in [6, 6.07) is 16.5. The number of hydrogen-bond donors (Lipinski definition) is 2. The van der Waals surface area contributed by atoms with Gasteiger partial charge in [0.15, 0.2) is 0 Å². The van der Waals surface area contributed by atoms with E-state index in [-0.39, 0.29) is 5.75 Å². The van der Waals surface area contributed by atoms with Crippen molar-refractivity contribution in [2.24, 2.45) is 0 Å². The summed E-state index contributed by atoms with van der Waals surface area (Å²) in [5, 5.41) is 16.1. The van der Waals surface area contributed by atoms with Gasteiger partial charge in [0.2, 0.25) is 0 Å². The molecule has 1 heterocycles. The number of pyridine rings is 1. The number of aromatic nitrogens is 1. The van der Waals surface area contributed by atoms with E-state index in [9.17, 15) is 9.90 Å². The molecule has 31 heavy (non-hydrogen) atoms. The van der Waals surface area contributed by atoms with Crippen LogP contribution in [0.1, 0.15) is 33.1 Å². The molecule has 4 aromatic rings. The van der Waals surface area contributed by atoms with Crippen LogP contribution in [0.15, 0.2) is 66.9 Å². The highest BCUT2D eigenvalue weighted by Crippen LogP contribution is 2.40. The molecule has 4 nitrogen and oxygen atoms in total. The zero-order valence-corrected chi connectivity index (χ0v) is 18.6. The number of hydrogen-bond acceptors (Lipinski definition) is 3. The monoisotopic (exact) mass is 470 g/mol. The van der Waals surface area contributed by atoms with Gasteiger partial charge >= 0.3 is 0 Å². The molecular weight excluding hydrogens is 455 g/mol. The molecule has 0 spiro atoms. The Hall–Kier alpha value is -2.79. The summed E-state index contributed by atoms with van der Waals surface area (Å²) in [5.74, 6) is -0.442. The molecule has 4 rings (SSSR count). The Kier molecular flexibility index (Phi) is 6.05. The average Bonchev–Trinajstić information content (AvgIpc) is 2.75. The first-order valence-electron chi connectivity index (χ1n) is 9.44. The van der Waals surface area contributed by atoms with Gasteiger partial charge in [-0.2, -0.15) is 0 Å². The fourth-order valence-corrected chi connectivity index (χ4v) is 4.25. The van der Waals surface area contributed by atoms with Crippen molar-refractivity contribution in [2.45, 2.75) is 13.0 Å². The number of nitrogens with one attached hydrogen (secondary N) is 1. The zero-order chi connectivity index (χ0) is 22.1. The van der Waals surface area contributed by atoms with Crippen LogP contribution in [0.3, 0.4) is 0 Å². The number of fused-ring (bicyclic) bond motifs is 1. The third kappa shape index (κ3) is 4.19. The van der Waals surface area contributed by atoms with E-state index in [0.29, 0.717) is 37.3 Å². The van der Waals surface area contributed by atoms with Crippen LogP contribution < -0.4 is 5.32 Å². The number of halogens is 3. The van der Waals surface area contributed by atoms with Gasteiger partial charge in [0.25, 0.3) is 5.91 Å². The third-order valence-electron chi connectivity index (χ3n) is 5.07. The van der Waals surface area contributed by atoms with E-state index in [2.05, 4.69) is 10.3 Å². The summed E-state index contributed by atoms with van der Waals surface area (Å²) in [4.78, 5) is 17.4. The number of aryl methyl sites for hydroxylation is 1. The second-order valence-corrected chi connectivity index (χ2v) is 8.33. The predicted octanol–water partition coefficient (Wildman–Crippen LogP) is 6.73. The number of nitrogens with zero attached hydrogens (tertiary/aromatic N) is 1. The van der Waals surface area contributed by atoms with Crippen molar-refractivity contribution in [3.63, 3.8) is 0 Å². The summed E-state index contributed by atoms with van der Waals surface area (Å²) >= 11 is 19.0. The Morgan fingerprint density at radius 1 is 1.00 bits per heavy atom. The molecule has 0 radical (unpaired) electrons. The molecule has 0 aliphatic heterocycles. The molecule has 1 amide bonds. The predicted molar refractivity (Wildman–Crippen MR) is 125 cm³/mol. The molecular formula is C24H17Cl3N2O2. The number of benzene rings is 3. The zero-order valence-electron chi connectivity index (χ0n) is 16.4. The van der Waals surface area contributed by atoms with Crippen molar-refractivity contribution in [3.05, 3.63) is 104 Å². The largest absolute Gasteiger partial charge is 0.505 e. The maximum Gasteiger partial charge on any atom is 0.253 e. The molecule has 1 unspecified atom stereocenters. The fraction of sp³-hybridized carbons (Fsp3) is 0.0833. The van der Waals surface area contributed by atoms with Gasteiger partial charge in [-0.05, 0) is 60.5 Å². The van der Waals surface area contributed by atoms with Crippen molar-refractivity contribution in [1.29, 1.82) is 0 Å². The van der Waals surface area contributed by atoms with Crippen LogP contribution in [-0.2, 0) is 0 Å². The summed E-state index contributed by atoms with van der Waals surface area (Å²) in [6.07, 6.45) is 1.60. The van der Waals surface area contributed by atoms with Crippen molar-refractivity contribution in [1.82, 2.24) is 10.3 Å². The quantitative estimate of drug-likeness (QED) is 0.347. The fourth-order valence-electron chi connectivity index (χ4n) is 3.62. The van der Waals surface area contributed by atoms with Gasteiger partial charge in [-0.1, -0.05) is 53.0 Å². The van der Waals surface area contributed by atoms with E-state index in [4.69, 9.17) is 34.8 Å². The molecule has 7 heteroatoms. The van der Waals surface area contributed by atoms with Crippen LogP contribution in [0.5, 0.6) is 5.75 Å². The first-order chi connectivity index (χ1) is 14.9.